The molecule has 100 valence electrons. The van der Waals surface area contributed by atoms with Crippen LogP contribution in [0.1, 0.15) is 0 Å². The number of hydrogen-bond donors (Lipinski definition) is 4. The molecule has 6 N–H and O–H groups in total. The van der Waals surface area contributed by atoms with Crippen LogP contribution in [0.2, 0.25) is 0 Å². The second kappa shape index (κ2) is 5.40. The highest BCUT2D eigenvalue weighted by Gasteiger charge is 2.02. The van der Waals surface area contributed by atoms with E-state index in [4.69, 9.17) is 11.6 Å². The van der Waals surface area contributed by atoms with Crippen LogP contribution in [-0.2, 0) is 0 Å². The lowest BCUT2D eigenvalue weighted by atomic mass is 10.2. The Morgan fingerprint density at radius 1 is 1.05 bits per heavy atom. The SMILES string of the molecule is CN(C)c1ccc(Nc2cc(NN)nc(N)n2)cc1. The van der Waals surface area contributed by atoms with Gasteiger partial charge in [0.25, 0.3) is 0 Å². The maximum atomic E-state index is 5.59. The van der Waals surface area contributed by atoms with E-state index in [1.807, 2.05) is 43.3 Å². The Kier molecular flexibility index (Phi) is 3.67. The number of aromatic nitrogens is 2. The van der Waals surface area contributed by atoms with Crippen molar-refractivity contribution in [3.8, 4) is 0 Å². The Morgan fingerprint density at radius 2 is 1.68 bits per heavy atom. The van der Waals surface area contributed by atoms with E-state index in [-0.39, 0.29) is 5.95 Å². The van der Waals surface area contributed by atoms with E-state index >= 15 is 0 Å². The molecule has 2 rings (SSSR count). The standard InChI is InChI=1S/C12H17N7/c1-19(2)9-5-3-8(4-6-9)15-10-7-11(18-14)17-12(13)16-10/h3-7H,14H2,1-2H3,(H4,13,15,16,17,18). The minimum Gasteiger partial charge on any atom is -0.378 e. The molecule has 0 saturated heterocycles. The zero-order valence-corrected chi connectivity index (χ0v) is 10.9. The van der Waals surface area contributed by atoms with Crippen LogP contribution < -0.4 is 27.2 Å². The van der Waals surface area contributed by atoms with Crippen molar-refractivity contribution in [1.82, 2.24) is 9.97 Å². The topological polar surface area (TPSA) is 105 Å². The second-order valence-corrected chi connectivity index (χ2v) is 4.21. The normalized spacial score (nSPS) is 10.1. The quantitative estimate of drug-likeness (QED) is 0.482. The minimum absolute atomic E-state index is 0.155. The first-order valence-electron chi connectivity index (χ1n) is 5.74. The summed E-state index contributed by atoms with van der Waals surface area (Å²) in [4.78, 5) is 10.0. The molecule has 0 aliphatic heterocycles. The van der Waals surface area contributed by atoms with Crippen molar-refractivity contribution < 1.29 is 0 Å². The summed E-state index contributed by atoms with van der Waals surface area (Å²) >= 11 is 0. The lowest BCUT2D eigenvalue weighted by Crippen LogP contribution is -2.11. The maximum absolute atomic E-state index is 5.59. The monoisotopic (exact) mass is 259 g/mol. The van der Waals surface area contributed by atoms with Crippen molar-refractivity contribution in [3.05, 3.63) is 30.3 Å². The van der Waals surface area contributed by atoms with Gasteiger partial charge in [-0.15, -0.1) is 0 Å². The number of nitrogen functional groups attached to an aromatic ring is 2. The summed E-state index contributed by atoms with van der Waals surface area (Å²) in [6.07, 6.45) is 0. The Bertz CT molecular complexity index is 551. The zero-order chi connectivity index (χ0) is 13.8. The molecule has 0 spiro atoms. The highest BCUT2D eigenvalue weighted by molar-refractivity contribution is 5.63. The van der Waals surface area contributed by atoms with Gasteiger partial charge in [0.2, 0.25) is 5.95 Å². The smallest absolute Gasteiger partial charge is 0.223 e. The Morgan fingerprint density at radius 3 is 2.26 bits per heavy atom. The Balaban J connectivity index is 2.18. The van der Waals surface area contributed by atoms with E-state index in [1.54, 1.807) is 6.07 Å². The van der Waals surface area contributed by atoms with Crippen LogP contribution in [0.4, 0.5) is 29.0 Å². The molecule has 0 atom stereocenters. The van der Waals surface area contributed by atoms with Crippen LogP contribution in [0.5, 0.6) is 0 Å². The summed E-state index contributed by atoms with van der Waals surface area (Å²) in [6.45, 7) is 0. The first-order valence-corrected chi connectivity index (χ1v) is 5.74. The lowest BCUT2D eigenvalue weighted by Gasteiger charge is -2.13. The van der Waals surface area contributed by atoms with Crippen LogP contribution in [0, 0.1) is 0 Å². The molecule has 0 unspecified atom stereocenters. The number of nitrogens with zero attached hydrogens (tertiary/aromatic N) is 3. The number of hydrogen-bond acceptors (Lipinski definition) is 7. The third-order valence-electron chi connectivity index (χ3n) is 2.55. The minimum atomic E-state index is 0.155. The molecule has 0 aliphatic carbocycles. The summed E-state index contributed by atoms with van der Waals surface area (Å²) in [5, 5.41) is 3.14. The van der Waals surface area contributed by atoms with E-state index in [0.29, 0.717) is 11.6 Å². The van der Waals surface area contributed by atoms with E-state index in [1.165, 1.54) is 0 Å². The number of rotatable bonds is 4. The van der Waals surface area contributed by atoms with Crippen LogP contribution in [0.15, 0.2) is 30.3 Å². The molecule has 0 bridgehead atoms. The van der Waals surface area contributed by atoms with Gasteiger partial charge in [-0.25, -0.2) is 5.84 Å². The average Bonchev–Trinajstić information content (AvgIpc) is 2.38. The van der Waals surface area contributed by atoms with E-state index in [2.05, 4.69) is 20.7 Å². The first kappa shape index (κ1) is 12.9. The Labute approximate surface area is 111 Å². The van der Waals surface area contributed by atoms with Gasteiger partial charge in [-0.3, -0.25) is 0 Å². The van der Waals surface area contributed by atoms with Crippen LogP contribution in [0.3, 0.4) is 0 Å². The Hall–Kier alpha value is -2.54. The highest BCUT2D eigenvalue weighted by Crippen LogP contribution is 2.20. The van der Waals surface area contributed by atoms with Gasteiger partial charge in [-0.2, -0.15) is 9.97 Å². The van der Waals surface area contributed by atoms with Crippen molar-refractivity contribution in [1.29, 1.82) is 0 Å². The van der Waals surface area contributed by atoms with Crippen molar-refractivity contribution >= 4 is 29.0 Å². The summed E-state index contributed by atoms with van der Waals surface area (Å²) in [5.41, 5.74) is 10.1. The van der Waals surface area contributed by atoms with Gasteiger partial charge < -0.3 is 21.4 Å². The van der Waals surface area contributed by atoms with Crippen molar-refractivity contribution in [2.45, 2.75) is 0 Å². The van der Waals surface area contributed by atoms with E-state index in [9.17, 15) is 0 Å². The summed E-state index contributed by atoms with van der Waals surface area (Å²) in [5.74, 6) is 6.50. The average molecular weight is 259 g/mol. The van der Waals surface area contributed by atoms with E-state index < -0.39 is 0 Å². The van der Waals surface area contributed by atoms with Crippen LogP contribution >= 0.6 is 0 Å². The predicted octanol–water partition coefficient (Wildman–Crippen LogP) is 1.15. The third-order valence-corrected chi connectivity index (χ3v) is 2.55. The number of benzene rings is 1. The molecule has 1 aromatic heterocycles. The molecule has 1 heterocycles. The molecular formula is C12H17N7. The molecule has 19 heavy (non-hydrogen) atoms. The van der Waals surface area contributed by atoms with Gasteiger partial charge >= 0.3 is 0 Å². The van der Waals surface area contributed by atoms with Gasteiger partial charge in [0.05, 0.1) is 0 Å². The molecule has 7 heteroatoms. The van der Waals surface area contributed by atoms with Crippen molar-refractivity contribution in [3.63, 3.8) is 0 Å². The summed E-state index contributed by atoms with van der Waals surface area (Å²) < 4.78 is 0. The second-order valence-electron chi connectivity index (χ2n) is 4.21. The van der Waals surface area contributed by atoms with Crippen LogP contribution in [-0.4, -0.2) is 24.1 Å². The number of nitrogens with one attached hydrogen (secondary N) is 2. The van der Waals surface area contributed by atoms with Gasteiger partial charge in [0.1, 0.15) is 11.6 Å². The molecule has 0 aliphatic rings. The fourth-order valence-corrected chi connectivity index (χ4v) is 1.59. The maximum Gasteiger partial charge on any atom is 0.223 e. The summed E-state index contributed by atoms with van der Waals surface area (Å²) in [7, 11) is 3.99. The summed E-state index contributed by atoms with van der Waals surface area (Å²) in [6, 6.07) is 9.62. The van der Waals surface area contributed by atoms with Crippen LogP contribution in [0.25, 0.3) is 0 Å². The molecular weight excluding hydrogens is 242 g/mol. The fourth-order valence-electron chi connectivity index (χ4n) is 1.59. The molecule has 0 fully saturated rings. The molecule has 0 amide bonds. The van der Waals surface area contributed by atoms with Gasteiger partial charge in [0.15, 0.2) is 0 Å². The number of hydrazine groups is 1. The predicted molar refractivity (Wildman–Crippen MR) is 78.3 cm³/mol. The highest BCUT2D eigenvalue weighted by atomic mass is 15.3. The largest absolute Gasteiger partial charge is 0.378 e. The number of anilines is 5. The van der Waals surface area contributed by atoms with E-state index in [0.717, 1.165) is 11.4 Å². The molecule has 2 aromatic rings. The lowest BCUT2D eigenvalue weighted by molar-refractivity contribution is 1.13. The van der Waals surface area contributed by atoms with Gasteiger partial charge in [-0.05, 0) is 24.3 Å². The third kappa shape index (κ3) is 3.23. The molecule has 7 nitrogen and oxygen atoms in total. The fraction of sp³-hybridized carbons (Fsp3) is 0.167. The van der Waals surface area contributed by atoms with Gasteiger partial charge in [-0.1, -0.05) is 0 Å². The van der Waals surface area contributed by atoms with Crippen molar-refractivity contribution in [2.24, 2.45) is 5.84 Å². The zero-order valence-electron chi connectivity index (χ0n) is 10.9. The van der Waals surface area contributed by atoms with Crippen molar-refractivity contribution in [2.75, 3.05) is 35.5 Å². The molecule has 0 saturated carbocycles. The molecule has 0 radical (unpaired) electrons. The number of nitrogens with two attached hydrogens (primary N) is 2. The molecule has 1 aromatic carbocycles. The first-order chi connectivity index (χ1) is 9.08. The van der Waals surface area contributed by atoms with Gasteiger partial charge in [0, 0.05) is 31.5 Å².